The molecule has 20 heavy (non-hydrogen) atoms. The Morgan fingerprint density at radius 1 is 1.25 bits per heavy atom. The highest BCUT2D eigenvalue weighted by atomic mass is 19.1. The van der Waals surface area contributed by atoms with E-state index in [9.17, 15) is 8.78 Å². The van der Waals surface area contributed by atoms with Crippen LogP contribution >= 0.6 is 0 Å². The zero-order chi connectivity index (χ0) is 14.9. The standard InChI is InChI=1S/C15H19F2N3/c1-9-14(10(2)20(3)19-9)8-13(18)7-11-6-12(16)4-5-15(11)17/h4-6,13H,7-8,18H2,1-3H3. The highest BCUT2D eigenvalue weighted by molar-refractivity contribution is 5.26. The minimum atomic E-state index is -0.442. The van der Waals surface area contributed by atoms with Gasteiger partial charge in [-0.2, -0.15) is 5.10 Å². The van der Waals surface area contributed by atoms with Crippen molar-refractivity contribution < 1.29 is 8.78 Å². The van der Waals surface area contributed by atoms with Crippen molar-refractivity contribution in [1.29, 1.82) is 0 Å². The lowest BCUT2D eigenvalue weighted by Gasteiger charge is -2.13. The molecule has 0 fully saturated rings. The summed E-state index contributed by atoms with van der Waals surface area (Å²) in [6.07, 6.45) is 0.902. The van der Waals surface area contributed by atoms with Crippen molar-refractivity contribution in [2.45, 2.75) is 32.7 Å². The molecule has 0 aliphatic heterocycles. The summed E-state index contributed by atoms with van der Waals surface area (Å²) in [6.45, 7) is 3.91. The second-order valence-corrected chi connectivity index (χ2v) is 5.18. The molecule has 1 atom stereocenters. The molecule has 3 nitrogen and oxygen atoms in total. The number of hydrogen-bond donors (Lipinski definition) is 1. The normalized spacial score (nSPS) is 12.7. The predicted molar refractivity (Wildman–Crippen MR) is 74.4 cm³/mol. The summed E-state index contributed by atoms with van der Waals surface area (Å²) in [4.78, 5) is 0. The number of nitrogens with two attached hydrogens (primary N) is 1. The van der Waals surface area contributed by atoms with E-state index in [0.717, 1.165) is 29.1 Å². The summed E-state index contributed by atoms with van der Waals surface area (Å²) >= 11 is 0. The molecule has 0 spiro atoms. The van der Waals surface area contributed by atoms with Crippen molar-refractivity contribution in [2.75, 3.05) is 0 Å². The third-order valence-electron chi connectivity index (χ3n) is 3.62. The van der Waals surface area contributed by atoms with E-state index in [4.69, 9.17) is 5.73 Å². The van der Waals surface area contributed by atoms with Crippen LogP contribution in [0.15, 0.2) is 18.2 Å². The van der Waals surface area contributed by atoms with Crippen LogP contribution in [0.1, 0.15) is 22.5 Å². The predicted octanol–water partition coefficient (Wildman–Crippen LogP) is 2.43. The van der Waals surface area contributed by atoms with Gasteiger partial charge >= 0.3 is 0 Å². The first kappa shape index (κ1) is 14.7. The molecule has 0 amide bonds. The Morgan fingerprint density at radius 2 is 1.95 bits per heavy atom. The van der Waals surface area contributed by atoms with E-state index in [2.05, 4.69) is 5.10 Å². The van der Waals surface area contributed by atoms with Crippen LogP contribution in [0.2, 0.25) is 0 Å². The smallest absolute Gasteiger partial charge is 0.126 e. The van der Waals surface area contributed by atoms with Crippen molar-refractivity contribution >= 4 is 0 Å². The van der Waals surface area contributed by atoms with Gasteiger partial charge in [-0.25, -0.2) is 8.78 Å². The fraction of sp³-hybridized carbons (Fsp3) is 0.400. The first-order valence-electron chi connectivity index (χ1n) is 6.57. The minimum Gasteiger partial charge on any atom is -0.327 e. The van der Waals surface area contributed by atoms with E-state index in [1.165, 1.54) is 6.07 Å². The summed E-state index contributed by atoms with van der Waals surface area (Å²) < 4.78 is 28.5. The highest BCUT2D eigenvalue weighted by Crippen LogP contribution is 2.17. The van der Waals surface area contributed by atoms with Crippen LogP contribution in [0.25, 0.3) is 0 Å². The van der Waals surface area contributed by atoms with Gasteiger partial charge in [-0.05, 0) is 56.0 Å². The number of halogens is 2. The average molecular weight is 279 g/mol. The monoisotopic (exact) mass is 279 g/mol. The molecule has 108 valence electrons. The summed E-state index contributed by atoms with van der Waals surface area (Å²) in [6, 6.07) is 3.18. The highest BCUT2D eigenvalue weighted by Gasteiger charge is 2.15. The van der Waals surface area contributed by atoms with E-state index in [-0.39, 0.29) is 6.04 Å². The summed E-state index contributed by atoms with van der Waals surface area (Å²) in [5.74, 6) is -0.858. The SMILES string of the molecule is Cc1nn(C)c(C)c1CC(N)Cc1cc(F)ccc1F. The number of rotatable bonds is 4. The summed E-state index contributed by atoms with van der Waals surface area (Å²) in [5, 5.41) is 4.33. The maximum atomic E-state index is 13.6. The molecule has 1 unspecified atom stereocenters. The van der Waals surface area contributed by atoms with Crippen molar-refractivity contribution in [1.82, 2.24) is 9.78 Å². The lowest BCUT2D eigenvalue weighted by Crippen LogP contribution is -2.26. The molecule has 2 rings (SSSR count). The maximum Gasteiger partial charge on any atom is 0.126 e. The Kier molecular flexibility index (Phi) is 4.18. The van der Waals surface area contributed by atoms with Crippen LogP contribution < -0.4 is 5.73 Å². The Labute approximate surface area is 117 Å². The van der Waals surface area contributed by atoms with Crippen molar-refractivity contribution in [3.8, 4) is 0 Å². The molecule has 0 saturated heterocycles. The molecule has 1 aromatic carbocycles. The largest absolute Gasteiger partial charge is 0.327 e. The first-order valence-corrected chi connectivity index (χ1v) is 6.57. The molecule has 0 aliphatic rings. The number of benzene rings is 1. The fourth-order valence-electron chi connectivity index (χ4n) is 2.43. The van der Waals surface area contributed by atoms with Gasteiger partial charge < -0.3 is 5.73 Å². The number of aryl methyl sites for hydroxylation is 2. The van der Waals surface area contributed by atoms with E-state index in [1.807, 2.05) is 20.9 Å². The van der Waals surface area contributed by atoms with E-state index >= 15 is 0 Å². The number of nitrogens with zero attached hydrogens (tertiary/aromatic N) is 2. The van der Waals surface area contributed by atoms with E-state index < -0.39 is 11.6 Å². The van der Waals surface area contributed by atoms with Gasteiger partial charge in [0.05, 0.1) is 5.69 Å². The van der Waals surface area contributed by atoms with E-state index in [1.54, 1.807) is 4.68 Å². The van der Waals surface area contributed by atoms with Crippen LogP contribution in [0, 0.1) is 25.5 Å². The molecule has 0 radical (unpaired) electrons. The first-order chi connectivity index (χ1) is 9.38. The Balaban J connectivity index is 2.13. The molecule has 0 aliphatic carbocycles. The fourth-order valence-corrected chi connectivity index (χ4v) is 2.43. The van der Waals surface area contributed by atoms with E-state index in [0.29, 0.717) is 18.4 Å². The third-order valence-corrected chi connectivity index (χ3v) is 3.62. The lowest BCUT2D eigenvalue weighted by molar-refractivity contribution is 0.565. The zero-order valence-electron chi connectivity index (χ0n) is 12.0. The minimum absolute atomic E-state index is 0.270. The zero-order valence-corrected chi connectivity index (χ0v) is 12.0. The second kappa shape index (κ2) is 5.71. The topological polar surface area (TPSA) is 43.8 Å². The molecular weight excluding hydrogens is 260 g/mol. The van der Waals surface area contributed by atoms with Crippen LogP contribution in [-0.4, -0.2) is 15.8 Å². The maximum absolute atomic E-state index is 13.6. The van der Waals surface area contributed by atoms with Crippen LogP contribution in [-0.2, 0) is 19.9 Å². The molecule has 1 heterocycles. The lowest BCUT2D eigenvalue weighted by atomic mass is 9.98. The number of aromatic nitrogens is 2. The van der Waals surface area contributed by atoms with Gasteiger partial charge in [-0.3, -0.25) is 4.68 Å². The summed E-state index contributed by atoms with van der Waals surface area (Å²) in [7, 11) is 1.88. The van der Waals surface area contributed by atoms with Crippen LogP contribution in [0.5, 0.6) is 0 Å². The Bertz CT molecular complexity index is 620. The van der Waals surface area contributed by atoms with Gasteiger partial charge in [0.15, 0.2) is 0 Å². The molecule has 0 saturated carbocycles. The van der Waals surface area contributed by atoms with Gasteiger partial charge in [0.25, 0.3) is 0 Å². The van der Waals surface area contributed by atoms with Gasteiger partial charge in [-0.1, -0.05) is 0 Å². The molecule has 0 bridgehead atoms. The Hall–Kier alpha value is -1.75. The van der Waals surface area contributed by atoms with Crippen LogP contribution in [0.3, 0.4) is 0 Å². The average Bonchev–Trinajstić information content (AvgIpc) is 2.61. The quantitative estimate of drug-likeness (QED) is 0.934. The van der Waals surface area contributed by atoms with Gasteiger partial charge in [0, 0.05) is 18.8 Å². The molecule has 1 aromatic heterocycles. The molecule has 2 aromatic rings. The third kappa shape index (κ3) is 3.04. The molecular formula is C15H19F2N3. The van der Waals surface area contributed by atoms with Gasteiger partial charge in [0.1, 0.15) is 11.6 Å². The van der Waals surface area contributed by atoms with Crippen molar-refractivity contribution in [2.24, 2.45) is 12.8 Å². The Morgan fingerprint density at radius 3 is 2.55 bits per heavy atom. The number of hydrogen-bond acceptors (Lipinski definition) is 2. The molecule has 2 N–H and O–H groups in total. The molecule has 5 heteroatoms. The van der Waals surface area contributed by atoms with Crippen molar-refractivity contribution in [3.05, 3.63) is 52.3 Å². The second-order valence-electron chi connectivity index (χ2n) is 5.18. The van der Waals surface area contributed by atoms with Crippen molar-refractivity contribution in [3.63, 3.8) is 0 Å². The summed E-state index contributed by atoms with van der Waals surface area (Å²) in [5.41, 5.74) is 9.46. The van der Waals surface area contributed by atoms with Gasteiger partial charge in [-0.15, -0.1) is 0 Å². The van der Waals surface area contributed by atoms with Crippen LogP contribution in [0.4, 0.5) is 8.78 Å². The van der Waals surface area contributed by atoms with Gasteiger partial charge in [0.2, 0.25) is 0 Å².